The highest BCUT2D eigenvalue weighted by Crippen LogP contribution is 2.48. The van der Waals surface area contributed by atoms with Crippen molar-refractivity contribution < 1.29 is 46.1 Å². The Kier molecular flexibility index (Phi) is 7.50. The minimum absolute atomic E-state index is 0.0317. The number of carbonyl (C=O) groups is 2. The van der Waals surface area contributed by atoms with Gasteiger partial charge in [0.2, 0.25) is 11.5 Å². The van der Waals surface area contributed by atoms with Gasteiger partial charge < -0.3 is 30.0 Å². The quantitative estimate of drug-likeness (QED) is 0.223. The third kappa shape index (κ3) is 5.53. The molecule has 4 aromatic rings. The maximum absolute atomic E-state index is 14.7. The van der Waals surface area contributed by atoms with Gasteiger partial charge in [0.25, 0.3) is 5.91 Å². The molecule has 6 rings (SSSR count). The standard InChI is InChI=1S/C32H28F4N4O6/c1-16-39-23(13-44-16)21-10-5-18(11-24(21)46-20-8-9-20)28(41)38-14-31(43,32(34,35)36)25-12-22-27(45-15-30(22,2)29(37)42)26(40-25)17-3-6-19(33)7-4-17/h3-7,10-13,20,43H,8-9,14-15H2,1-2H3,(H2,37,42)(H,38,41)/t30-,31-/m0/s1. The molecule has 0 radical (unpaired) electrons. The van der Waals surface area contributed by atoms with E-state index in [0.717, 1.165) is 31.0 Å². The number of ether oxygens (including phenoxy) is 2. The Morgan fingerprint density at radius 1 is 1.13 bits per heavy atom. The topological polar surface area (TPSA) is 150 Å². The number of aromatic nitrogens is 2. The summed E-state index contributed by atoms with van der Waals surface area (Å²) in [5, 5.41) is 13.5. The summed E-state index contributed by atoms with van der Waals surface area (Å²) in [6, 6.07) is 9.90. The summed E-state index contributed by atoms with van der Waals surface area (Å²) in [5.41, 5.74) is 0.271. The Bertz CT molecular complexity index is 1840. The Morgan fingerprint density at radius 3 is 2.46 bits per heavy atom. The average Bonchev–Trinajstić information content (AvgIpc) is 3.62. The number of carbonyl (C=O) groups excluding carboxylic acids is 2. The summed E-state index contributed by atoms with van der Waals surface area (Å²) in [4.78, 5) is 34.1. The zero-order chi connectivity index (χ0) is 33.0. The highest BCUT2D eigenvalue weighted by Gasteiger charge is 2.57. The molecular weight excluding hydrogens is 612 g/mol. The van der Waals surface area contributed by atoms with Crippen LogP contribution in [0.3, 0.4) is 0 Å². The van der Waals surface area contributed by atoms with E-state index in [9.17, 15) is 32.3 Å². The number of aryl methyl sites for hydroxylation is 1. The van der Waals surface area contributed by atoms with E-state index >= 15 is 0 Å². The maximum Gasteiger partial charge on any atom is 0.424 e. The lowest BCUT2D eigenvalue weighted by Gasteiger charge is -2.31. The lowest BCUT2D eigenvalue weighted by atomic mass is 9.81. The molecule has 1 aliphatic heterocycles. The van der Waals surface area contributed by atoms with Crippen LogP contribution in [0.1, 0.15) is 47.3 Å². The largest absolute Gasteiger partial charge is 0.490 e. The summed E-state index contributed by atoms with van der Waals surface area (Å²) in [6.07, 6.45) is -2.40. The van der Waals surface area contributed by atoms with Crippen LogP contribution in [0.5, 0.6) is 11.5 Å². The van der Waals surface area contributed by atoms with Gasteiger partial charge in [-0.15, -0.1) is 0 Å². The lowest BCUT2D eigenvalue weighted by molar-refractivity contribution is -0.265. The average molecular weight is 641 g/mol. The molecule has 2 aromatic heterocycles. The molecular formula is C32H28F4N4O6. The van der Waals surface area contributed by atoms with E-state index < -0.39 is 47.1 Å². The van der Waals surface area contributed by atoms with Crippen molar-refractivity contribution in [2.45, 2.75) is 50.0 Å². The van der Waals surface area contributed by atoms with E-state index in [2.05, 4.69) is 15.3 Å². The van der Waals surface area contributed by atoms with Gasteiger partial charge >= 0.3 is 6.18 Å². The molecule has 0 spiro atoms. The van der Waals surface area contributed by atoms with E-state index in [1.165, 1.54) is 37.5 Å². The first-order valence-corrected chi connectivity index (χ1v) is 14.2. The number of fused-ring (bicyclic) bond motifs is 1. The van der Waals surface area contributed by atoms with Gasteiger partial charge in [0, 0.05) is 29.2 Å². The van der Waals surface area contributed by atoms with Crippen molar-refractivity contribution in [2.75, 3.05) is 13.2 Å². The summed E-state index contributed by atoms with van der Waals surface area (Å²) in [7, 11) is 0. The van der Waals surface area contributed by atoms with Gasteiger partial charge in [-0.3, -0.25) is 9.59 Å². The van der Waals surface area contributed by atoms with Gasteiger partial charge in [-0.25, -0.2) is 14.4 Å². The van der Waals surface area contributed by atoms with Crippen molar-refractivity contribution >= 4 is 11.8 Å². The predicted molar refractivity (Wildman–Crippen MR) is 154 cm³/mol. The van der Waals surface area contributed by atoms with Crippen molar-refractivity contribution in [1.29, 1.82) is 0 Å². The molecule has 46 heavy (non-hydrogen) atoms. The molecule has 0 bridgehead atoms. The molecule has 1 aliphatic carbocycles. The van der Waals surface area contributed by atoms with E-state index in [-0.39, 0.29) is 40.8 Å². The second-order valence-corrected chi connectivity index (χ2v) is 11.5. The molecule has 2 atom stereocenters. The van der Waals surface area contributed by atoms with E-state index in [4.69, 9.17) is 19.6 Å². The molecule has 2 aromatic carbocycles. The molecule has 2 aliphatic rings. The fraction of sp³-hybridized carbons (Fsp3) is 0.312. The van der Waals surface area contributed by atoms with Crippen LogP contribution in [0.4, 0.5) is 17.6 Å². The summed E-state index contributed by atoms with van der Waals surface area (Å²) < 4.78 is 74.8. The van der Waals surface area contributed by atoms with Crippen LogP contribution in [-0.2, 0) is 15.8 Å². The molecule has 2 amide bonds. The molecule has 10 nitrogen and oxygen atoms in total. The molecule has 4 N–H and O–H groups in total. The number of rotatable bonds is 9. The Morgan fingerprint density at radius 2 is 1.85 bits per heavy atom. The summed E-state index contributed by atoms with van der Waals surface area (Å²) in [5.74, 6) is -1.75. The Balaban J connectivity index is 1.37. The van der Waals surface area contributed by atoms with Gasteiger partial charge in [-0.2, -0.15) is 13.2 Å². The maximum atomic E-state index is 14.7. The smallest absolute Gasteiger partial charge is 0.424 e. The van der Waals surface area contributed by atoms with Gasteiger partial charge in [0.1, 0.15) is 47.0 Å². The lowest BCUT2D eigenvalue weighted by Crippen LogP contribution is -2.51. The first-order chi connectivity index (χ1) is 21.7. The van der Waals surface area contributed by atoms with Gasteiger partial charge in [0.15, 0.2) is 5.89 Å². The van der Waals surface area contributed by atoms with E-state index in [0.29, 0.717) is 22.9 Å². The fourth-order valence-corrected chi connectivity index (χ4v) is 5.07. The minimum Gasteiger partial charge on any atom is -0.490 e. The number of alkyl halides is 3. The molecule has 14 heteroatoms. The third-order valence-corrected chi connectivity index (χ3v) is 8.09. The number of halogens is 4. The summed E-state index contributed by atoms with van der Waals surface area (Å²) in [6.45, 7) is 1.40. The van der Waals surface area contributed by atoms with Crippen LogP contribution in [0.2, 0.25) is 0 Å². The van der Waals surface area contributed by atoms with Crippen molar-refractivity contribution in [3.8, 4) is 34.0 Å². The number of hydrogen-bond donors (Lipinski definition) is 3. The Hall–Kier alpha value is -4.98. The first-order valence-electron chi connectivity index (χ1n) is 14.2. The van der Waals surface area contributed by atoms with Crippen LogP contribution in [0.25, 0.3) is 22.5 Å². The second kappa shape index (κ2) is 11.1. The number of pyridine rings is 1. The van der Waals surface area contributed by atoms with Crippen LogP contribution >= 0.6 is 0 Å². The summed E-state index contributed by atoms with van der Waals surface area (Å²) >= 11 is 0. The van der Waals surface area contributed by atoms with Crippen molar-refractivity contribution in [1.82, 2.24) is 15.3 Å². The zero-order valence-corrected chi connectivity index (χ0v) is 24.6. The van der Waals surface area contributed by atoms with E-state index in [1.807, 2.05) is 0 Å². The molecule has 1 fully saturated rings. The van der Waals surface area contributed by atoms with Crippen LogP contribution in [0, 0.1) is 12.7 Å². The van der Waals surface area contributed by atoms with Crippen LogP contribution in [0.15, 0.2) is 59.2 Å². The molecule has 3 heterocycles. The number of amides is 2. The number of nitrogens with one attached hydrogen (secondary N) is 1. The molecule has 0 unspecified atom stereocenters. The fourth-order valence-electron chi connectivity index (χ4n) is 5.07. The van der Waals surface area contributed by atoms with Gasteiger partial charge in [0.05, 0.1) is 18.3 Å². The number of hydrogen-bond acceptors (Lipinski definition) is 8. The van der Waals surface area contributed by atoms with Crippen LogP contribution in [-0.4, -0.2) is 52.3 Å². The highest BCUT2D eigenvalue weighted by atomic mass is 19.4. The first kappa shape index (κ1) is 31.0. The zero-order valence-electron chi connectivity index (χ0n) is 24.6. The molecule has 1 saturated carbocycles. The number of nitrogens with zero attached hydrogens (tertiary/aromatic N) is 2. The number of aliphatic hydroxyl groups is 1. The number of benzene rings is 2. The molecule has 0 saturated heterocycles. The third-order valence-electron chi connectivity index (χ3n) is 8.09. The molecule has 240 valence electrons. The monoisotopic (exact) mass is 640 g/mol. The minimum atomic E-state index is -5.36. The SMILES string of the molecule is Cc1nc(-c2ccc(C(=O)NC[C@](O)(c3cc4c(c(-c5ccc(F)cc5)n3)OC[C@]4(C)C(N)=O)C(F)(F)F)cc2OC2CC2)co1. The van der Waals surface area contributed by atoms with Gasteiger partial charge in [-0.05, 0) is 68.3 Å². The van der Waals surface area contributed by atoms with Crippen molar-refractivity contribution in [3.05, 3.63) is 83.3 Å². The highest BCUT2D eigenvalue weighted by molar-refractivity contribution is 5.95. The van der Waals surface area contributed by atoms with E-state index in [1.54, 1.807) is 13.0 Å². The Labute approximate surface area is 259 Å². The van der Waals surface area contributed by atoms with Crippen molar-refractivity contribution in [2.24, 2.45) is 5.73 Å². The normalized spacial score (nSPS) is 18.8. The van der Waals surface area contributed by atoms with Crippen LogP contribution < -0.4 is 20.5 Å². The van der Waals surface area contributed by atoms with Gasteiger partial charge in [-0.1, -0.05) is 0 Å². The number of nitrogens with two attached hydrogens (primary N) is 1. The second-order valence-electron chi connectivity index (χ2n) is 11.5. The number of primary amides is 1. The number of oxazole rings is 1. The van der Waals surface area contributed by atoms with Crippen molar-refractivity contribution in [3.63, 3.8) is 0 Å². The predicted octanol–water partition coefficient (Wildman–Crippen LogP) is 4.71.